The third-order valence-electron chi connectivity index (χ3n) is 2.29. The molecule has 136 valence electrons. The second-order valence-corrected chi connectivity index (χ2v) is 9.82. The van der Waals surface area contributed by atoms with Crippen LogP contribution in [-0.4, -0.2) is 45.6 Å². The molecule has 24 heavy (non-hydrogen) atoms. The molecule has 0 atom stereocenters. The van der Waals surface area contributed by atoms with Crippen LogP contribution in [0.1, 0.15) is 20.8 Å². The Labute approximate surface area is 150 Å². The van der Waals surface area contributed by atoms with E-state index in [4.69, 9.17) is 4.74 Å². The van der Waals surface area contributed by atoms with Crippen molar-refractivity contribution in [2.75, 3.05) is 21.8 Å². The van der Waals surface area contributed by atoms with Gasteiger partial charge >= 0.3 is 6.09 Å². The Morgan fingerprint density at radius 3 is 2.46 bits per heavy atom. The normalized spacial score (nSPS) is 12.1. The van der Waals surface area contributed by atoms with Gasteiger partial charge in [-0.3, -0.25) is 9.62 Å². The van der Waals surface area contributed by atoms with Gasteiger partial charge in [0.05, 0.1) is 5.69 Å². The number of pyridine rings is 1. The summed E-state index contributed by atoms with van der Waals surface area (Å²) in [5.41, 5.74) is -0.868. The van der Waals surface area contributed by atoms with E-state index in [1.165, 1.54) is 12.3 Å². The van der Waals surface area contributed by atoms with Gasteiger partial charge in [0.1, 0.15) is 11.5 Å². The lowest BCUT2D eigenvalue weighted by molar-refractivity contribution is 0.0635. The van der Waals surface area contributed by atoms with E-state index in [9.17, 15) is 21.6 Å². The molecule has 0 spiro atoms. The first-order valence-corrected chi connectivity index (χ1v) is 10.5. The molecule has 0 radical (unpaired) electrons. The maximum absolute atomic E-state index is 11.9. The van der Waals surface area contributed by atoms with Gasteiger partial charge in [-0.25, -0.2) is 26.6 Å². The topological polar surface area (TPSA) is 123 Å². The van der Waals surface area contributed by atoms with Gasteiger partial charge in [-0.15, -0.1) is 0 Å². The number of rotatable bonds is 5. The minimum atomic E-state index is -3.65. The van der Waals surface area contributed by atoms with Gasteiger partial charge in [0.25, 0.3) is 0 Å². The average Bonchev–Trinajstić information content (AvgIpc) is 2.34. The van der Waals surface area contributed by atoms with Crippen molar-refractivity contribution < 1.29 is 26.4 Å². The first-order chi connectivity index (χ1) is 10.8. The fraction of sp³-hybridized carbons (Fsp3) is 0.500. The SMILES string of the molecule is CC(C)(C)OC(=O)Nc1ncc(Br)cc1N(CS(C)(=O)=O)[SH](=O)=O. The standard InChI is InChI=1S/C12H18BrN3O6S2/c1-12(2,3)22-11(17)15-10-9(5-8(13)6-14-10)16(23(18)19)7-24(4,20)21/h5-6,23H,7H2,1-4H3,(H,14,15,17). The van der Waals surface area contributed by atoms with E-state index in [0.29, 0.717) is 8.78 Å². The lowest BCUT2D eigenvalue weighted by Crippen LogP contribution is -2.31. The lowest BCUT2D eigenvalue weighted by atomic mass is 10.2. The van der Waals surface area contributed by atoms with Crippen molar-refractivity contribution in [2.24, 2.45) is 0 Å². The molecule has 0 aromatic carbocycles. The van der Waals surface area contributed by atoms with E-state index in [-0.39, 0.29) is 11.5 Å². The highest BCUT2D eigenvalue weighted by Crippen LogP contribution is 2.28. The van der Waals surface area contributed by atoms with Crippen LogP contribution in [0.3, 0.4) is 0 Å². The second kappa shape index (κ2) is 7.66. The zero-order valence-corrected chi connectivity index (χ0v) is 16.7. The molecule has 9 nitrogen and oxygen atoms in total. The van der Waals surface area contributed by atoms with Crippen LogP contribution in [0.4, 0.5) is 16.3 Å². The van der Waals surface area contributed by atoms with E-state index in [1.807, 2.05) is 0 Å². The second-order valence-electron chi connectivity index (χ2n) is 5.84. The highest BCUT2D eigenvalue weighted by atomic mass is 79.9. The van der Waals surface area contributed by atoms with Gasteiger partial charge in [-0.05, 0) is 42.8 Å². The van der Waals surface area contributed by atoms with Gasteiger partial charge in [0.15, 0.2) is 15.7 Å². The predicted octanol–water partition coefficient (Wildman–Crippen LogP) is 1.53. The summed E-state index contributed by atoms with van der Waals surface area (Å²) in [5.74, 6) is -0.928. The van der Waals surface area contributed by atoms with E-state index >= 15 is 0 Å². The Hall–Kier alpha value is -1.40. The van der Waals surface area contributed by atoms with Crippen molar-refractivity contribution >= 4 is 54.3 Å². The minimum absolute atomic E-state index is 0.100. The molecule has 0 unspecified atom stereocenters. The Kier molecular flexibility index (Phi) is 6.59. The maximum atomic E-state index is 11.9. The number of anilines is 2. The van der Waals surface area contributed by atoms with Crippen molar-refractivity contribution in [1.29, 1.82) is 0 Å². The Morgan fingerprint density at radius 2 is 2.00 bits per heavy atom. The van der Waals surface area contributed by atoms with E-state index in [1.54, 1.807) is 20.8 Å². The first kappa shape index (κ1) is 20.6. The summed E-state index contributed by atoms with van der Waals surface area (Å²) < 4.78 is 52.0. The summed E-state index contributed by atoms with van der Waals surface area (Å²) in [6.07, 6.45) is 1.37. The number of amides is 1. The van der Waals surface area contributed by atoms with Crippen LogP contribution >= 0.6 is 15.9 Å². The van der Waals surface area contributed by atoms with Crippen LogP contribution in [-0.2, 0) is 25.5 Å². The molecule has 1 aromatic rings. The first-order valence-electron chi connectivity index (χ1n) is 6.53. The van der Waals surface area contributed by atoms with Gasteiger partial charge in [0.2, 0.25) is 10.9 Å². The summed E-state index contributed by atoms with van der Waals surface area (Å²) in [6, 6.07) is 1.33. The molecular weight excluding hydrogens is 426 g/mol. The molecule has 0 aliphatic heterocycles. The highest BCUT2D eigenvalue weighted by Gasteiger charge is 2.23. The molecule has 1 N–H and O–H groups in total. The van der Waals surface area contributed by atoms with Gasteiger partial charge in [0, 0.05) is 16.9 Å². The Balaban J connectivity index is 3.26. The number of carbonyl (C=O) groups excluding carboxylic acids is 1. The molecule has 1 heterocycles. The number of nitrogens with one attached hydrogen (secondary N) is 1. The molecule has 0 saturated heterocycles. The van der Waals surface area contributed by atoms with Crippen molar-refractivity contribution in [3.8, 4) is 0 Å². The van der Waals surface area contributed by atoms with E-state index < -0.39 is 38.3 Å². The van der Waals surface area contributed by atoms with Crippen LogP contribution in [0.25, 0.3) is 0 Å². The number of sulfone groups is 1. The van der Waals surface area contributed by atoms with Gasteiger partial charge in [-0.2, -0.15) is 0 Å². The molecule has 0 fully saturated rings. The van der Waals surface area contributed by atoms with Crippen LogP contribution in [0.5, 0.6) is 0 Å². The molecule has 1 rings (SSSR count). The fourth-order valence-corrected chi connectivity index (χ4v) is 3.79. The smallest absolute Gasteiger partial charge is 0.413 e. The molecule has 0 bridgehead atoms. The quantitative estimate of drug-likeness (QED) is 0.661. The molecule has 0 saturated carbocycles. The summed E-state index contributed by atoms with van der Waals surface area (Å²) >= 11 is 3.13. The number of carbonyl (C=O) groups is 1. The number of halogens is 1. The van der Waals surface area contributed by atoms with E-state index in [0.717, 1.165) is 6.26 Å². The molecule has 1 aromatic heterocycles. The summed E-state index contributed by atoms with van der Waals surface area (Å²) in [6.45, 7) is 4.98. The Bertz CT molecular complexity index is 794. The molecule has 12 heteroatoms. The number of thiol groups is 1. The number of hydrogen-bond acceptors (Lipinski definition) is 7. The van der Waals surface area contributed by atoms with Crippen LogP contribution in [0.2, 0.25) is 0 Å². The predicted molar refractivity (Wildman–Crippen MR) is 94.3 cm³/mol. The van der Waals surface area contributed by atoms with Crippen LogP contribution in [0, 0.1) is 0 Å². The number of hydrogen-bond donors (Lipinski definition) is 2. The van der Waals surface area contributed by atoms with Gasteiger partial charge < -0.3 is 4.74 Å². The highest BCUT2D eigenvalue weighted by molar-refractivity contribution is 9.10. The third kappa shape index (κ3) is 7.01. The fourth-order valence-electron chi connectivity index (χ4n) is 1.55. The molecular formula is C12H18BrN3O6S2. The zero-order chi connectivity index (χ0) is 18.7. The summed E-state index contributed by atoms with van der Waals surface area (Å²) in [5, 5.41) is 2.32. The monoisotopic (exact) mass is 443 g/mol. The largest absolute Gasteiger partial charge is 0.444 e. The zero-order valence-electron chi connectivity index (χ0n) is 13.4. The summed E-state index contributed by atoms with van der Waals surface area (Å²) in [4.78, 5) is 15.8. The van der Waals surface area contributed by atoms with Crippen molar-refractivity contribution in [3.05, 3.63) is 16.7 Å². The molecule has 1 amide bonds. The number of ether oxygens (including phenoxy) is 1. The molecule has 0 aliphatic carbocycles. The maximum Gasteiger partial charge on any atom is 0.413 e. The average molecular weight is 444 g/mol. The van der Waals surface area contributed by atoms with Gasteiger partial charge in [-0.1, -0.05) is 0 Å². The van der Waals surface area contributed by atoms with Crippen molar-refractivity contribution in [1.82, 2.24) is 4.98 Å². The minimum Gasteiger partial charge on any atom is -0.444 e. The molecule has 0 aliphatic rings. The van der Waals surface area contributed by atoms with Crippen molar-refractivity contribution in [2.45, 2.75) is 26.4 Å². The van der Waals surface area contributed by atoms with E-state index in [2.05, 4.69) is 26.2 Å². The van der Waals surface area contributed by atoms with Crippen molar-refractivity contribution in [3.63, 3.8) is 0 Å². The van der Waals surface area contributed by atoms with Crippen LogP contribution < -0.4 is 9.62 Å². The van der Waals surface area contributed by atoms with Crippen LogP contribution in [0.15, 0.2) is 16.7 Å². The lowest BCUT2D eigenvalue weighted by Gasteiger charge is -2.22. The number of nitrogens with zero attached hydrogens (tertiary/aromatic N) is 2. The Morgan fingerprint density at radius 1 is 1.42 bits per heavy atom. The third-order valence-corrected chi connectivity index (χ3v) is 4.39. The number of aromatic nitrogens is 1. The summed E-state index contributed by atoms with van der Waals surface area (Å²) in [7, 11) is -6.93.